The largest absolute Gasteiger partial charge is 0.403 e. The van der Waals surface area contributed by atoms with Crippen LogP contribution in [0, 0.1) is 28.8 Å². The molecule has 0 spiro atoms. The molecule has 26 heavy (non-hydrogen) atoms. The van der Waals surface area contributed by atoms with Crippen LogP contribution in [-0.4, -0.2) is 30.6 Å². The molecule has 0 bridgehead atoms. The van der Waals surface area contributed by atoms with Crippen LogP contribution in [0.4, 0.5) is 0 Å². The zero-order chi connectivity index (χ0) is 20.8. The molecule has 1 atom stereocenters. The molecule has 0 aliphatic rings. The van der Waals surface area contributed by atoms with Crippen LogP contribution in [0.5, 0.6) is 0 Å². The van der Waals surface area contributed by atoms with Crippen molar-refractivity contribution in [3.05, 3.63) is 0 Å². The first-order chi connectivity index (χ1) is 11.5. The summed E-state index contributed by atoms with van der Waals surface area (Å²) < 4.78 is 6.75. The van der Waals surface area contributed by atoms with Crippen LogP contribution in [0.1, 0.15) is 47.0 Å². The maximum Gasteiger partial charge on any atom is 0.194 e. The highest BCUT2D eigenvalue weighted by atomic mass is 28.4. The number of hydrogen-bond donors (Lipinski definition) is 0. The molecule has 0 aromatic carbocycles. The van der Waals surface area contributed by atoms with Crippen LogP contribution in [-0.2, 0) is 4.43 Å². The zero-order valence-corrected chi connectivity index (χ0v) is 22.7. The lowest BCUT2D eigenvalue weighted by molar-refractivity contribution is 0.209. The average Bonchev–Trinajstić information content (AvgIpc) is 2.41. The number of rotatable bonds is 7. The third kappa shape index (κ3) is 10.2. The van der Waals surface area contributed by atoms with Crippen LogP contribution >= 0.6 is 0 Å². The minimum absolute atomic E-state index is 0.0649. The fraction of sp³-hybridized carbons (Fsp3) is 0.818. The summed E-state index contributed by atoms with van der Waals surface area (Å²) in [5, 5.41) is 0.226. The Morgan fingerprint density at radius 3 is 1.77 bits per heavy atom. The zero-order valence-electron chi connectivity index (χ0n) is 19.7. The molecular weight excluding hydrogens is 364 g/mol. The van der Waals surface area contributed by atoms with E-state index in [0.717, 1.165) is 19.3 Å². The van der Waals surface area contributed by atoms with Crippen molar-refractivity contribution in [2.75, 3.05) is 0 Å². The van der Waals surface area contributed by atoms with Gasteiger partial charge in [-0.3, -0.25) is 0 Å². The third-order valence-corrected chi connectivity index (χ3v) is 11.6. The fourth-order valence-corrected chi connectivity index (χ4v) is 6.20. The third-order valence-electron chi connectivity index (χ3n) is 5.27. The van der Waals surface area contributed by atoms with E-state index in [9.17, 15) is 0 Å². The van der Waals surface area contributed by atoms with Crippen molar-refractivity contribution in [3.8, 4) is 22.9 Å². The van der Waals surface area contributed by atoms with Gasteiger partial charge in [-0.25, -0.2) is 0 Å². The monoisotopic (exact) mass is 408 g/mol. The van der Waals surface area contributed by atoms with Gasteiger partial charge in [-0.15, -0.1) is 17.0 Å². The summed E-state index contributed by atoms with van der Waals surface area (Å²) in [5.41, 5.74) is 7.01. The predicted octanol–water partition coefficient (Wildman–Crippen LogP) is 6.94. The summed E-state index contributed by atoms with van der Waals surface area (Å²) >= 11 is 0. The van der Waals surface area contributed by atoms with Crippen LogP contribution in [0.2, 0.25) is 57.4 Å². The average molecular weight is 409 g/mol. The lowest BCUT2D eigenvalue weighted by atomic mass is 9.99. The van der Waals surface area contributed by atoms with E-state index in [1.807, 2.05) is 0 Å². The highest BCUT2D eigenvalue weighted by molar-refractivity contribution is 6.84. The quantitative estimate of drug-likeness (QED) is 0.252. The molecule has 0 amide bonds. The SMILES string of the molecule is CC(C)C(C)(C)[Si](C)(C)OC(C#C[Si](C)(C)C)CCCC#C[Si](C)(C)C. The summed E-state index contributed by atoms with van der Waals surface area (Å²) in [6.45, 7) is 27.9. The maximum absolute atomic E-state index is 6.75. The molecule has 0 aliphatic carbocycles. The number of unbranched alkanes of at least 4 members (excludes halogenated alkanes) is 1. The molecule has 0 radical (unpaired) electrons. The van der Waals surface area contributed by atoms with Crippen LogP contribution < -0.4 is 0 Å². The van der Waals surface area contributed by atoms with Gasteiger partial charge in [-0.1, -0.05) is 72.9 Å². The van der Waals surface area contributed by atoms with Gasteiger partial charge < -0.3 is 4.43 Å². The summed E-state index contributed by atoms with van der Waals surface area (Å²) in [4.78, 5) is 0. The van der Waals surface area contributed by atoms with Crippen molar-refractivity contribution in [3.63, 3.8) is 0 Å². The fourth-order valence-electron chi connectivity index (χ4n) is 2.36. The molecule has 4 heteroatoms. The van der Waals surface area contributed by atoms with E-state index in [-0.39, 0.29) is 11.1 Å². The molecule has 0 heterocycles. The van der Waals surface area contributed by atoms with Crippen molar-refractivity contribution in [1.29, 1.82) is 0 Å². The Bertz CT molecular complexity index is 555. The van der Waals surface area contributed by atoms with Crippen molar-refractivity contribution in [2.24, 2.45) is 5.92 Å². The van der Waals surface area contributed by atoms with Crippen LogP contribution in [0.3, 0.4) is 0 Å². The van der Waals surface area contributed by atoms with E-state index >= 15 is 0 Å². The van der Waals surface area contributed by atoms with E-state index in [4.69, 9.17) is 4.43 Å². The van der Waals surface area contributed by atoms with E-state index in [1.54, 1.807) is 0 Å². The molecule has 0 rings (SSSR count). The van der Waals surface area contributed by atoms with E-state index < -0.39 is 24.5 Å². The van der Waals surface area contributed by atoms with Crippen molar-refractivity contribution in [1.82, 2.24) is 0 Å². The minimum Gasteiger partial charge on any atom is -0.403 e. The van der Waals surface area contributed by atoms with Gasteiger partial charge in [-0.2, -0.15) is 0 Å². The lowest BCUT2D eigenvalue weighted by Crippen LogP contribution is -2.47. The first-order valence-electron chi connectivity index (χ1n) is 10.2. The van der Waals surface area contributed by atoms with Crippen molar-refractivity contribution in [2.45, 2.75) is 110 Å². The van der Waals surface area contributed by atoms with Crippen molar-refractivity contribution < 1.29 is 4.43 Å². The summed E-state index contributed by atoms with van der Waals surface area (Å²) in [5.74, 6) is 7.52. The van der Waals surface area contributed by atoms with Gasteiger partial charge in [0.05, 0.1) is 0 Å². The predicted molar refractivity (Wildman–Crippen MR) is 127 cm³/mol. The van der Waals surface area contributed by atoms with Gasteiger partial charge in [0, 0.05) is 6.42 Å². The maximum atomic E-state index is 6.75. The van der Waals surface area contributed by atoms with Gasteiger partial charge >= 0.3 is 0 Å². The Balaban J connectivity index is 5.18. The van der Waals surface area contributed by atoms with Gasteiger partial charge in [0.2, 0.25) is 0 Å². The van der Waals surface area contributed by atoms with E-state index in [0.29, 0.717) is 5.92 Å². The molecule has 0 saturated heterocycles. The lowest BCUT2D eigenvalue weighted by Gasteiger charge is -2.43. The van der Waals surface area contributed by atoms with Crippen LogP contribution in [0.15, 0.2) is 0 Å². The molecule has 0 saturated carbocycles. The highest BCUT2D eigenvalue weighted by Crippen LogP contribution is 2.45. The first kappa shape index (κ1) is 25.7. The summed E-state index contributed by atoms with van der Waals surface area (Å²) in [7, 11) is -4.52. The Morgan fingerprint density at radius 1 is 0.846 bits per heavy atom. The second kappa shape index (κ2) is 9.78. The van der Waals surface area contributed by atoms with E-state index in [1.165, 1.54) is 0 Å². The Morgan fingerprint density at radius 2 is 1.35 bits per heavy atom. The van der Waals surface area contributed by atoms with Crippen LogP contribution in [0.25, 0.3) is 0 Å². The van der Waals surface area contributed by atoms with Gasteiger partial charge in [0.15, 0.2) is 8.32 Å². The molecule has 0 aromatic rings. The first-order valence-corrected chi connectivity index (χ1v) is 20.1. The second-order valence-corrected chi connectivity index (χ2v) is 25.0. The molecule has 150 valence electrons. The summed E-state index contributed by atoms with van der Waals surface area (Å²) in [6.07, 6.45) is 3.11. The molecule has 0 aliphatic heterocycles. The summed E-state index contributed by atoms with van der Waals surface area (Å²) in [6, 6.07) is 0. The normalized spacial score (nSPS) is 14.3. The smallest absolute Gasteiger partial charge is 0.194 e. The van der Waals surface area contributed by atoms with Gasteiger partial charge in [0.25, 0.3) is 0 Å². The molecule has 0 N–H and O–H groups in total. The topological polar surface area (TPSA) is 9.23 Å². The highest BCUT2D eigenvalue weighted by Gasteiger charge is 2.44. The molecule has 1 nitrogen and oxygen atoms in total. The molecule has 1 unspecified atom stereocenters. The van der Waals surface area contributed by atoms with Crippen molar-refractivity contribution >= 4 is 24.5 Å². The molecule has 0 aromatic heterocycles. The number of hydrogen-bond acceptors (Lipinski definition) is 1. The Labute approximate surface area is 168 Å². The van der Waals surface area contributed by atoms with Gasteiger partial charge in [0.1, 0.15) is 22.3 Å². The van der Waals surface area contributed by atoms with E-state index in [2.05, 4.69) is 103 Å². The van der Waals surface area contributed by atoms with Gasteiger partial charge in [-0.05, 0) is 36.9 Å². The Hall–Kier alpha value is -0.269. The molecular formula is C22H44OSi3. The minimum atomic E-state index is -1.87. The second-order valence-electron chi connectivity index (χ2n) is 11.0. The standard InChI is InChI=1S/C22H44OSi3/c1-20(2)22(3,4)26(11,12)23-21(17-19-25(8,9)10)16-14-13-15-18-24(5,6)7/h20-21H,13-14,16H2,1-12H3. The Kier molecular flexibility index (Phi) is 9.68. The molecule has 0 fully saturated rings.